The number of aromatic nitrogens is 6. The number of anilines is 2. The number of amides is 1. The Balaban J connectivity index is 1.35. The summed E-state index contributed by atoms with van der Waals surface area (Å²) < 4.78 is 9.30. The maximum Gasteiger partial charge on any atom is 0.224 e. The van der Waals surface area contributed by atoms with Crippen molar-refractivity contribution < 1.29 is 19.7 Å². The number of hydrogen-bond acceptors (Lipinski definition) is 10. The summed E-state index contributed by atoms with van der Waals surface area (Å²) in [6.45, 7) is 2.68. The number of fused-ring (bicyclic) bond motifs is 1. The molecule has 0 saturated carbocycles. The molecule has 1 aliphatic rings. The van der Waals surface area contributed by atoms with E-state index in [1.165, 1.54) is 6.33 Å². The minimum Gasteiger partial charge on any atom is -0.388 e. The highest BCUT2D eigenvalue weighted by Gasteiger charge is 2.39. The van der Waals surface area contributed by atoms with Gasteiger partial charge in [-0.15, -0.1) is 0 Å². The van der Waals surface area contributed by atoms with Crippen LogP contribution < -0.4 is 16.8 Å². The molecule has 3 aromatic rings. The minimum absolute atomic E-state index is 0.0159. The molecule has 7 N–H and O–H groups in total. The number of aliphatic hydroxyl groups excluding tert-OH is 2. The predicted molar refractivity (Wildman–Crippen MR) is 114 cm³/mol. The van der Waals surface area contributed by atoms with E-state index < -0.39 is 24.4 Å². The van der Waals surface area contributed by atoms with Gasteiger partial charge in [0.2, 0.25) is 11.9 Å². The average Bonchev–Trinajstić information content (AvgIpc) is 3.38. The smallest absolute Gasteiger partial charge is 0.224 e. The number of hydrogen-bond donors (Lipinski definition) is 5. The predicted octanol–water partition coefficient (Wildman–Crippen LogP) is -1.55. The van der Waals surface area contributed by atoms with Crippen molar-refractivity contribution in [2.24, 2.45) is 0 Å². The molecule has 172 valence electrons. The standard InChI is InChI=1S/C19H27N9O4/c1-2-12-22-4-6-27(12)5-3-13(29)24-10-8-32-11(16(31)15(10)30)7-28-9-23-18-14(28)17(20)25-19(21)26-18/h4,6,9-11,15-16,30-31H,2-3,5,7-8H2,1H3,(H,24,29)(H4,20,21,25,26)/t10-,11-,15+,16-/m1/s1. The number of ether oxygens (including phenoxy) is 1. The first-order valence-electron chi connectivity index (χ1n) is 10.4. The lowest BCUT2D eigenvalue weighted by Crippen LogP contribution is -2.60. The summed E-state index contributed by atoms with van der Waals surface area (Å²) >= 11 is 0. The van der Waals surface area contributed by atoms with Gasteiger partial charge in [0, 0.05) is 31.8 Å². The van der Waals surface area contributed by atoms with Gasteiger partial charge < -0.3 is 40.9 Å². The number of rotatable bonds is 7. The molecule has 1 fully saturated rings. The van der Waals surface area contributed by atoms with Crippen LogP contribution in [0.5, 0.6) is 0 Å². The zero-order valence-electron chi connectivity index (χ0n) is 17.6. The lowest BCUT2D eigenvalue weighted by atomic mass is 9.97. The Morgan fingerprint density at radius 3 is 2.84 bits per heavy atom. The van der Waals surface area contributed by atoms with Gasteiger partial charge in [-0.05, 0) is 0 Å². The summed E-state index contributed by atoms with van der Waals surface area (Å²) in [7, 11) is 0. The van der Waals surface area contributed by atoms with Gasteiger partial charge in [0.25, 0.3) is 0 Å². The quantitative estimate of drug-likeness (QED) is 0.284. The zero-order valence-corrected chi connectivity index (χ0v) is 17.6. The fourth-order valence-corrected chi connectivity index (χ4v) is 3.89. The van der Waals surface area contributed by atoms with Gasteiger partial charge in [0.15, 0.2) is 11.5 Å². The van der Waals surface area contributed by atoms with E-state index in [0.29, 0.717) is 17.7 Å². The maximum absolute atomic E-state index is 12.4. The molecule has 3 aromatic heterocycles. The first-order valence-corrected chi connectivity index (χ1v) is 10.4. The number of imidazole rings is 2. The third-order valence-corrected chi connectivity index (χ3v) is 5.57. The van der Waals surface area contributed by atoms with Crippen LogP contribution >= 0.6 is 0 Å². The second kappa shape index (κ2) is 9.06. The van der Waals surface area contributed by atoms with Crippen molar-refractivity contribution in [2.45, 2.75) is 57.2 Å². The summed E-state index contributed by atoms with van der Waals surface area (Å²) in [6, 6.07) is -0.727. The maximum atomic E-state index is 12.4. The van der Waals surface area contributed by atoms with Crippen molar-refractivity contribution >= 4 is 28.8 Å². The molecule has 0 aromatic carbocycles. The van der Waals surface area contributed by atoms with Crippen molar-refractivity contribution in [1.29, 1.82) is 0 Å². The molecule has 0 bridgehead atoms. The number of nitrogens with zero attached hydrogens (tertiary/aromatic N) is 6. The van der Waals surface area contributed by atoms with E-state index >= 15 is 0 Å². The number of aryl methyl sites for hydroxylation is 2. The van der Waals surface area contributed by atoms with E-state index in [0.717, 1.165) is 12.2 Å². The largest absolute Gasteiger partial charge is 0.388 e. The van der Waals surface area contributed by atoms with Crippen LogP contribution in [0, 0.1) is 0 Å². The SMILES string of the molecule is CCc1nccn1CCC(=O)N[C@@H]1CO[C@H](Cn2cnc3nc(N)nc(N)c32)[C@@H](O)[C@H]1O. The fraction of sp³-hybridized carbons (Fsp3) is 0.526. The first-order chi connectivity index (χ1) is 15.4. The van der Waals surface area contributed by atoms with E-state index in [1.54, 1.807) is 10.8 Å². The lowest BCUT2D eigenvalue weighted by Gasteiger charge is -2.38. The van der Waals surface area contributed by atoms with E-state index in [-0.39, 0.29) is 37.2 Å². The van der Waals surface area contributed by atoms with E-state index in [4.69, 9.17) is 16.2 Å². The third kappa shape index (κ3) is 4.35. The van der Waals surface area contributed by atoms with Crippen LogP contribution in [0.15, 0.2) is 18.7 Å². The zero-order chi connectivity index (χ0) is 22.8. The van der Waals surface area contributed by atoms with Crippen LogP contribution in [0.3, 0.4) is 0 Å². The minimum atomic E-state index is -1.23. The number of nitrogens with two attached hydrogens (primary N) is 2. The van der Waals surface area contributed by atoms with Gasteiger partial charge in [-0.2, -0.15) is 9.97 Å². The summed E-state index contributed by atoms with van der Waals surface area (Å²) in [4.78, 5) is 28.7. The van der Waals surface area contributed by atoms with Gasteiger partial charge in [0.1, 0.15) is 29.7 Å². The van der Waals surface area contributed by atoms with Crippen molar-refractivity contribution in [2.75, 3.05) is 18.1 Å². The van der Waals surface area contributed by atoms with Gasteiger partial charge in [-0.3, -0.25) is 4.79 Å². The molecule has 32 heavy (non-hydrogen) atoms. The van der Waals surface area contributed by atoms with Crippen molar-refractivity contribution in [3.63, 3.8) is 0 Å². The van der Waals surface area contributed by atoms with Crippen molar-refractivity contribution in [3.05, 3.63) is 24.5 Å². The van der Waals surface area contributed by atoms with E-state index in [2.05, 4.69) is 25.3 Å². The second-order valence-electron chi connectivity index (χ2n) is 7.70. The Morgan fingerprint density at radius 2 is 2.06 bits per heavy atom. The highest BCUT2D eigenvalue weighted by molar-refractivity contribution is 5.82. The van der Waals surface area contributed by atoms with Crippen LogP contribution in [0.4, 0.5) is 11.8 Å². The number of carbonyl (C=O) groups is 1. The molecular weight excluding hydrogens is 418 g/mol. The molecule has 13 heteroatoms. The molecular formula is C19H27N9O4. The molecule has 1 amide bonds. The monoisotopic (exact) mass is 445 g/mol. The van der Waals surface area contributed by atoms with E-state index in [9.17, 15) is 15.0 Å². The van der Waals surface area contributed by atoms with Gasteiger partial charge in [-0.1, -0.05) is 6.92 Å². The Hall–Kier alpha value is -3.29. The highest BCUT2D eigenvalue weighted by Crippen LogP contribution is 2.22. The van der Waals surface area contributed by atoms with Gasteiger partial charge in [0.05, 0.1) is 25.5 Å². The Labute approximate surface area is 183 Å². The summed E-state index contributed by atoms with van der Waals surface area (Å²) in [5.74, 6) is 0.826. The average molecular weight is 445 g/mol. The van der Waals surface area contributed by atoms with Crippen molar-refractivity contribution in [3.8, 4) is 0 Å². The van der Waals surface area contributed by atoms with Crippen LogP contribution in [-0.4, -0.2) is 76.2 Å². The number of aliphatic hydroxyl groups is 2. The molecule has 4 atom stereocenters. The lowest BCUT2D eigenvalue weighted by molar-refractivity contribution is -0.158. The first kappa shape index (κ1) is 21.9. The van der Waals surface area contributed by atoms with Crippen LogP contribution in [-0.2, 0) is 29.0 Å². The number of nitrogen functional groups attached to an aromatic ring is 2. The molecule has 4 rings (SSSR count). The molecule has 4 heterocycles. The molecule has 0 spiro atoms. The van der Waals surface area contributed by atoms with Crippen LogP contribution in [0.2, 0.25) is 0 Å². The summed E-state index contributed by atoms with van der Waals surface area (Å²) in [6.07, 6.45) is 2.83. The Kier molecular flexibility index (Phi) is 6.21. The van der Waals surface area contributed by atoms with Gasteiger partial charge >= 0.3 is 0 Å². The Morgan fingerprint density at radius 1 is 1.25 bits per heavy atom. The topological polar surface area (TPSA) is 192 Å². The summed E-state index contributed by atoms with van der Waals surface area (Å²) in [5.41, 5.74) is 12.3. The molecule has 0 radical (unpaired) electrons. The highest BCUT2D eigenvalue weighted by atomic mass is 16.5. The fourth-order valence-electron chi connectivity index (χ4n) is 3.89. The third-order valence-electron chi connectivity index (χ3n) is 5.57. The normalized spacial score (nSPS) is 23.5. The second-order valence-corrected chi connectivity index (χ2v) is 7.70. The Bertz CT molecular complexity index is 1100. The molecule has 0 aliphatic carbocycles. The molecule has 1 aliphatic heterocycles. The van der Waals surface area contributed by atoms with Gasteiger partial charge in [-0.25, -0.2) is 9.97 Å². The summed E-state index contributed by atoms with van der Waals surface area (Å²) in [5, 5.41) is 23.9. The van der Waals surface area contributed by atoms with E-state index in [1.807, 2.05) is 17.7 Å². The van der Waals surface area contributed by atoms with Crippen molar-refractivity contribution in [1.82, 2.24) is 34.4 Å². The molecule has 0 unspecified atom stereocenters. The molecule has 1 saturated heterocycles. The number of nitrogens with one attached hydrogen (secondary N) is 1. The van der Waals surface area contributed by atoms with Crippen LogP contribution in [0.25, 0.3) is 11.2 Å². The molecule has 13 nitrogen and oxygen atoms in total. The van der Waals surface area contributed by atoms with Crippen LogP contribution in [0.1, 0.15) is 19.2 Å². The number of carbonyl (C=O) groups excluding carboxylic acids is 1.